The average molecular weight is 582 g/mol. The molecule has 0 spiro atoms. The molecule has 1 atom stereocenters. The van der Waals surface area contributed by atoms with E-state index in [-0.39, 0.29) is 17.7 Å². The quantitative estimate of drug-likeness (QED) is 0.421. The fourth-order valence-corrected chi connectivity index (χ4v) is 6.73. The molecule has 0 aliphatic carbocycles. The predicted octanol–water partition coefficient (Wildman–Crippen LogP) is 3.63. The van der Waals surface area contributed by atoms with Crippen LogP contribution in [-0.2, 0) is 4.74 Å². The van der Waals surface area contributed by atoms with Crippen molar-refractivity contribution in [1.29, 1.82) is 0 Å². The number of nitrogens with zero attached hydrogens (tertiary/aromatic N) is 5. The maximum Gasteiger partial charge on any atom is 0.320 e. The zero-order chi connectivity index (χ0) is 27.5. The third-order valence-corrected chi connectivity index (χ3v) is 9.14. The smallest absolute Gasteiger partial charge is 0.320 e. The van der Waals surface area contributed by atoms with E-state index in [1.807, 2.05) is 44.8 Å². The molecule has 0 N–H and O–H groups in total. The number of rotatable bonds is 7. The highest BCUT2D eigenvalue weighted by Crippen LogP contribution is 2.38. The predicted molar refractivity (Wildman–Crippen MR) is 153 cm³/mol. The number of Topliss-reactive ketones (excluding diaryl/α,β-unsaturated/α-hetero) is 1. The number of anilines is 1. The van der Waals surface area contributed by atoms with Crippen LogP contribution in [0.1, 0.15) is 38.2 Å². The summed E-state index contributed by atoms with van der Waals surface area (Å²) >= 11 is 2.75. The average Bonchev–Trinajstić information content (AvgIpc) is 3.77. The molecule has 10 nitrogen and oxygen atoms in total. The lowest BCUT2D eigenvalue weighted by Crippen LogP contribution is -2.54. The third-order valence-electron chi connectivity index (χ3n) is 7.40. The number of hydrogen-bond donors (Lipinski definition) is 0. The second-order valence-electron chi connectivity index (χ2n) is 9.91. The van der Waals surface area contributed by atoms with Gasteiger partial charge in [0, 0.05) is 51.2 Å². The maximum atomic E-state index is 13.5. The minimum Gasteiger partial charge on any atom is -0.475 e. The largest absolute Gasteiger partial charge is 0.475 e. The zero-order valence-corrected chi connectivity index (χ0v) is 23.7. The van der Waals surface area contributed by atoms with Crippen molar-refractivity contribution < 1.29 is 23.9 Å². The van der Waals surface area contributed by atoms with Gasteiger partial charge in [0.15, 0.2) is 5.13 Å². The van der Waals surface area contributed by atoms with Gasteiger partial charge in [0.05, 0.1) is 23.7 Å². The van der Waals surface area contributed by atoms with Crippen LogP contribution < -0.4 is 9.64 Å². The molecule has 2 fully saturated rings. The number of thiophene rings is 1. The van der Waals surface area contributed by atoms with Gasteiger partial charge in [-0.05, 0) is 36.5 Å². The van der Waals surface area contributed by atoms with Crippen LogP contribution in [0, 0.1) is 0 Å². The van der Waals surface area contributed by atoms with Crippen LogP contribution >= 0.6 is 22.7 Å². The van der Waals surface area contributed by atoms with Crippen molar-refractivity contribution in [2.75, 3.05) is 70.5 Å². The summed E-state index contributed by atoms with van der Waals surface area (Å²) in [5.74, 6) is 0.346. The molecule has 12 heteroatoms. The maximum absolute atomic E-state index is 13.5. The Labute approximate surface area is 240 Å². The van der Waals surface area contributed by atoms with E-state index in [1.54, 1.807) is 17.0 Å². The summed E-state index contributed by atoms with van der Waals surface area (Å²) in [5.41, 5.74) is 1.08. The standard InChI is InChI=1S/C28H31N5O5S2/c34-24-20-5-1-2-6-22(20)38-25(24)21-19-40-27(29-21)33(26(35)23-7-3-18-39-23)9-4-8-30-10-12-31(13-11-30)28(36)32-14-16-37-17-15-32/h1-3,5-7,18-19,25H,4,8-17H2. The number of hydrogen-bond acceptors (Lipinski definition) is 9. The SMILES string of the molecule is O=C1c2ccccc2OC1c1csc(N(CCCN2CCN(C(=O)N3CCOCC3)CC2)C(=O)c2cccs2)n1. The number of thiazole rings is 1. The van der Waals surface area contributed by atoms with Gasteiger partial charge < -0.3 is 19.3 Å². The van der Waals surface area contributed by atoms with Gasteiger partial charge in [-0.15, -0.1) is 22.7 Å². The fraction of sp³-hybridized carbons (Fsp3) is 0.429. The Hall–Kier alpha value is -3.32. The highest BCUT2D eigenvalue weighted by atomic mass is 32.1. The number of ketones is 1. The summed E-state index contributed by atoms with van der Waals surface area (Å²) < 4.78 is 11.3. The number of benzene rings is 1. The fourth-order valence-electron chi connectivity index (χ4n) is 5.20. The van der Waals surface area contributed by atoms with Gasteiger partial charge in [0.2, 0.25) is 11.9 Å². The van der Waals surface area contributed by atoms with E-state index in [9.17, 15) is 14.4 Å². The number of morpholine rings is 1. The highest BCUT2D eigenvalue weighted by Gasteiger charge is 2.36. The summed E-state index contributed by atoms with van der Waals surface area (Å²) in [4.78, 5) is 52.4. The van der Waals surface area contributed by atoms with Crippen LogP contribution in [0.3, 0.4) is 0 Å². The molecule has 2 saturated heterocycles. The van der Waals surface area contributed by atoms with Crippen LogP contribution in [0.25, 0.3) is 0 Å². The zero-order valence-electron chi connectivity index (χ0n) is 22.1. The monoisotopic (exact) mass is 581 g/mol. The first kappa shape index (κ1) is 26.9. The summed E-state index contributed by atoms with van der Waals surface area (Å²) in [6.07, 6.45) is -0.0362. The first-order chi connectivity index (χ1) is 19.6. The Morgan fingerprint density at radius 1 is 0.975 bits per heavy atom. The van der Waals surface area contributed by atoms with E-state index in [4.69, 9.17) is 14.5 Å². The van der Waals surface area contributed by atoms with Gasteiger partial charge in [-0.2, -0.15) is 0 Å². The highest BCUT2D eigenvalue weighted by molar-refractivity contribution is 7.14. The first-order valence-electron chi connectivity index (χ1n) is 13.5. The molecule has 0 saturated carbocycles. The van der Waals surface area contributed by atoms with Crippen molar-refractivity contribution >= 4 is 45.5 Å². The number of carbonyl (C=O) groups excluding carboxylic acids is 3. The van der Waals surface area contributed by atoms with Gasteiger partial charge >= 0.3 is 6.03 Å². The van der Waals surface area contributed by atoms with E-state index in [0.717, 1.165) is 26.1 Å². The van der Waals surface area contributed by atoms with E-state index < -0.39 is 6.10 Å². The summed E-state index contributed by atoms with van der Waals surface area (Å²) in [5, 5.41) is 4.25. The van der Waals surface area contributed by atoms with Crippen molar-refractivity contribution in [3.05, 3.63) is 63.3 Å². The van der Waals surface area contributed by atoms with Crippen molar-refractivity contribution in [3.63, 3.8) is 0 Å². The second kappa shape index (κ2) is 12.0. The minimum absolute atomic E-state index is 0.0984. The lowest BCUT2D eigenvalue weighted by Gasteiger charge is -2.38. The van der Waals surface area contributed by atoms with Crippen molar-refractivity contribution in [3.8, 4) is 5.75 Å². The number of piperazine rings is 1. The summed E-state index contributed by atoms with van der Waals surface area (Å²) in [6.45, 7) is 6.82. The van der Waals surface area contributed by atoms with Gasteiger partial charge in [0.25, 0.3) is 5.91 Å². The summed E-state index contributed by atoms with van der Waals surface area (Å²) in [6, 6.07) is 11.0. The summed E-state index contributed by atoms with van der Waals surface area (Å²) in [7, 11) is 0. The second-order valence-corrected chi connectivity index (χ2v) is 11.7. The topological polar surface area (TPSA) is 95.5 Å². The molecule has 40 heavy (non-hydrogen) atoms. The molecule has 3 aromatic rings. The van der Waals surface area contributed by atoms with E-state index in [1.165, 1.54) is 22.7 Å². The molecule has 3 amide bonds. The van der Waals surface area contributed by atoms with Crippen LogP contribution in [0.5, 0.6) is 5.75 Å². The van der Waals surface area contributed by atoms with Gasteiger partial charge in [-0.3, -0.25) is 19.4 Å². The van der Waals surface area contributed by atoms with Crippen molar-refractivity contribution in [2.24, 2.45) is 0 Å². The number of amides is 3. The molecule has 0 bridgehead atoms. The molecule has 2 aromatic heterocycles. The Morgan fingerprint density at radius 3 is 2.50 bits per heavy atom. The minimum atomic E-state index is -0.794. The van der Waals surface area contributed by atoms with E-state index >= 15 is 0 Å². The van der Waals surface area contributed by atoms with Crippen LogP contribution in [0.15, 0.2) is 47.2 Å². The van der Waals surface area contributed by atoms with Crippen LogP contribution in [0.2, 0.25) is 0 Å². The molecule has 5 heterocycles. The number of para-hydroxylation sites is 1. The molecular weight excluding hydrogens is 550 g/mol. The number of ether oxygens (including phenoxy) is 2. The Kier molecular flexibility index (Phi) is 8.10. The van der Waals surface area contributed by atoms with E-state index in [0.29, 0.717) is 73.0 Å². The van der Waals surface area contributed by atoms with Gasteiger partial charge in [-0.1, -0.05) is 18.2 Å². The lowest BCUT2D eigenvalue weighted by atomic mass is 10.1. The van der Waals surface area contributed by atoms with Crippen molar-refractivity contribution in [2.45, 2.75) is 12.5 Å². The normalized spacial score (nSPS) is 19.4. The Bertz CT molecular complexity index is 1350. The molecule has 1 unspecified atom stereocenters. The molecular formula is C28H31N5O5S2. The van der Waals surface area contributed by atoms with Gasteiger partial charge in [0.1, 0.15) is 11.4 Å². The van der Waals surface area contributed by atoms with Crippen LogP contribution in [-0.4, -0.2) is 103 Å². The van der Waals surface area contributed by atoms with Crippen LogP contribution in [0.4, 0.5) is 9.93 Å². The molecule has 0 radical (unpaired) electrons. The Morgan fingerprint density at radius 2 is 1.75 bits per heavy atom. The Balaban J connectivity index is 1.07. The number of carbonyl (C=O) groups is 3. The van der Waals surface area contributed by atoms with Gasteiger partial charge in [-0.25, -0.2) is 9.78 Å². The molecule has 210 valence electrons. The molecule has 3 aliphatic heterocycles. The number of aromatic nitrogens is 1. The number of fused-ring (bicyclic) bond motifs is 1. The van der Waals surface area contributed by atoms with E-state index in [2.05, 4.69) is 4.90 Å². The number of urea groups is 1. The molecule has 6 rings (SSSR count). The molecule has 1 aromatic carbocycles. The third kappa shape index (κ3) is 5.62. The van der Waals surface area contributed by atoms with Crippen molar-refractivity contribution in [1.82, 2.24) is 19.7 Å². The lowest BCUT2D eigenvalue weighted by molar-refractivity contribution is 0.0377. The first-order valence-corrected chi connectivity index (χ1v) is 15.3. The molecule has 3 aliphatic rings.